The van der Waals surface area contributed by atoms with Crippen LogP contribution in [0, 0.1) is 37.3 Å². The number of aliphatic hydroxyl groups is 1. The predicted octanol–water partition coefficient (Wildman–Crippen LogP) is 10.1. The van der Waals surface area contributed by atoms with Crippen molar-refractivity contribution in [2.45, 2.75) is 99.9 Å². The lowest BCUT2D eigenvalue weighted by atomic mass is 10.2. The molecule has 0 saturated carbocycles. The maximum absolute atomic E-state index is 12.1. The fraction of sp³-hybridized carbons (Fsp3) is 0.490. The average molecular weight is 1070 g/mol. The molecule has 0 aliphatic carbocycles. The van der Waals surface area contributed by atoms with Crippen molar-refractivity contribution < 1.29 is 61.0 Å². The van der Waals surface area contributed by atoms with E-state index in [9.17, 15) is 48.3 Å². The van der Waals surface area contributed by atoms with E-state index >= 15 is 0 Å². The summed E-state index contributed by atoms with van der Waals surface area (Å²) < 4.78 is 49.3. The topological polar surface area (TPSA) is 283 Å². The molecule has 4 aromatic rings. The van der Waals surface area contributed by atoms with E-state index in [2.05, 4.69) is 14.8 Å². The Balaban J connectivity index is -0.000000402. The summed E-state index contributed by atoms with van der Waals surface area (Å²) in [6.07, 6.45) is 2.03. The number of methoxy groups -OCH3 is 2. The van der Waals surface area contributed by atoms with Gasteiger partial charge in [-0.3, -0.25) is 34.5 Å². The van der Waals surface area contributed by atoms with Crippen LogP contribution >= 0.6 is 0 Å². The molecule has 3 fully saturated rings. The van der Waals surface area contributed by atoms with Crippen LogP contribution in [-0.2, 0) is 33.2 Å². The van der Waals surface area contributed by atoms with Gasteiger partial charge in [-0.1, -0.05) is 102 Å². The monoisotopic (exact) mass is 1070 g/mol. The highest BCUT2D eigenvalue weighted by Gasteiger charge is 2.32. The number of hydrogen-bond donors (Lipinski definition) is 2. The van der Waals surface area contributed by atoms with Crippen molar-refractivity contribution in [1.82, 2.24) is 15.1 Å². The van der Waals surface area contributed by atoms with Crippen molar-refractivity contribution in [2.75, 3.05) is 73.3 Å². The van der Waals surface area contributed by atoms with Crippen molar-refractivity contribution >= 4 is 39.4 Å². The van der Waals surface area contributed by atoms with Crippen LogP contribution in [0.25, 0.3) is 0 Å². The van der Waals surface area contributed by atoms with Gasteiger partial charge in [0.25, 0.3) is 27.2 Å². The van der Waals surface area contributed by atoms with Gasteiger partial charge in [0.2, 0.25) is 0 Å². The lowest BCUT2D eigenvalue weighted by molar-refractivity contribution is -0.385. The van der Waals surface area contributed by atoms with Crippen LogP contribution in [0.5, 0.6) is 0 Å². The highest BCUT2D eigenvalue weighted by Crippen LogP contribution is 2.21. The number of nitrogens with zero attached hydrogens (tertiary/aromatic N) is 5. The Bertz CT molecular complexity index is 2070. The number of rotatable bonds is 10. The first-order valence-electron chi connectivity index (χ1n) is 22.2. The number of amides is 2. The van der Waals surface area contributed by atoms with Gasteiger partial charge in [0.15, 0.2) is 0 Å². The van der Waals surface area contributed by atoms with Gasteiger partial charge in [-0.05, 0) is 65.6 Å². The van der Waals surface area contributed by atoms with Crippen LogP contribution in [0.15, 0.2) is 120 Å². The molecule has 418 valence electrons. The number of carbonyl (C=O) groups is 2. The maximum atomic E-state index is 12.1. The molecular formula is C51H82N6O16S. The van der Waals surface area contributed by atoms with Crippen LogP contribution in [0.1, 0.15) is 75.3 Å². The first-order valence-corrected chi connectivity index (χ1v) is 23.7. The van der Waals surface area contributed by atoms with Gasteiger partial charge in [0, 0.05) is 75.9 Å². The van der Waals surface area contributed by atoms with Gasteiger partial charge < -0.3 is 39.2 Å². The summed E-state index contributed by atoms with van der Waals surface area (Å²) in [6, 6.07) is 30.3. The number of likely N-dealkylation sites (tertiary alicyclic amines) is 2. The molecule has 7 rings (SSSR count). The third-order valence-electron chi connectivity index (χ3n) is 9.45. The Morgan fingerprint density at radius 2 is 0.959 bits per heavy atom. The second kappa shape index (κ2) is 42.8. The third-order valence-corrected chi connectivity index (χ3v) is 10.8. The largest absolute Gasteiger partial charge is 0.453 e. The number of para-hydroxylation sites is 3. The van der Waals surface area contributed by atoms with Gasteiger partial charge >= 0.3 is 12.2 Å². The molecule has 3 saturated heterocycles. The summed E-state index contributed by atoms with van der Waals surface area (Å²) in [7, 11) is -1.10. The number of aryl methyl sites for hydroxylation is 1. The van der Waals surface area contributed by atoms with E-state index in [1.165, 1.54) is 74.1 Å². The molecule has 3 aliphatic heterocycles. The van der Waals surface area contributed by atoms with Crippen LogP contribution < -0.4 is 5.32 Å². The molecule has 3 aliphatic rings. The molecule has 3 heterocycles. The van der Waals surface area contributed by atoms with E-state index in [1.807, 2.05) is 20.8 Å². The zero-order valence-corrected chi connectivity index (χ0v) is 41.2. The standard InChI is InChI=1S/C13H17NO5S.C8H15NO3.3C6H5NO2.C6H13NO.C2H6O.4CH4/c1-10-3-5-12(6-4-10)20(16,17)19-11-7-8-14(9-11)13(15)18-2;1-3-12-7-4-5-9(6-7)8(10)11-2;3*8-7(9)6-4-2-1-3-5-6;1-2-8-6-3-4-7-5-6;1-2-3;;;;/h3-6,11H,7-9H2,1-2H3;7H,3-6H2,1-2H3;3*1-5H;6-7H,2-5H2,1H3;3H,2H2,1H3;4*1H4. The van der Waals surface area contributed by atoms with E-state index in [4.69, 9.17) is 18.8 Å². The van der Waals surface area contributed by atoms with Gasteiger partial charge in [0.05, 0.1) is 65.3 Å². The molecule has 0 radical (unpaired) electrons. The SMILES string of the molecule is C.C.C.C.CCO.CCOC1CCN(C(=O)OC)C1.CCOC1CCNC1.COC(=O)N1CCC(OS(=O)(=O)c2ccc(C)cc2)C1.O=[N+]([O-])c1ccccc1.O=[N+]([O-])c1ccccc1.O=[N+]([O-])c1ccccc1. The van der Waals surface area contributed by atoms with E-state index in [1.54, 1.807) is 78.6 Å². The summed E-state index contributed by atoms with van der Waals surface area (Å²) in [5.74, 6) is 0. The number of non-ortho nitro benzene ring substituents is 3. The molecule has 0 aromatic heterocycles. The Morgan fingerprint density at radius 3 is 1.27 bits per heavy atom. The lowest BCUT2D eigenvalue weighted by Gasteiger charge is -2.15. The van der Waals surface area contributed by atoms with Crippen LogP contribution in [0.4, 0.5) is 26.7 Å². The van der Waals surface area contributed by atoms with Crippen LogP contribution in [0.3, 0.4) is 0 Å². The number of nitrogens with one attached hydrogen (secondary N) is 1. The minimum Gasteiger partial charge on any atom is -0.453 e. The van der Waals surface area contributed by atoms with E-state index in [0.29, 0.717) is 32.2 Å². The minimum absolute atomic E-state index is 0. The molecule has 2 N–H and O–H groups in total. The quantitative estimate of drug-likeness (QED) is 0.0848. The fourth-order valence-corrected chi connectivity index (χ4v) is 7.19. The van der Waals surface area contributed by atoms with Gasteiger partial charge in [-0.15, -0.1) is 0 Å². The van der Waals surface area contributed by atoms with Gasteiger partial charge in [0.1, 0.15) is 0 Å². The van der Waals surface area contributed by atoms with Gasteiger partial charge in [-0.25, -0.2) is 9.59 Å². The molecule has 3 unspecified atom stereocenters. The van der Waals surface area contributed by atoms with Gasteiger partial charge in [-0.2, -0.15) is 8.42 Å². The van der Waals surface area contributed by atoms with Crippen LogP contribution in [0.2, 0.25) is 0 Å². The highest BCUT2D eigenvalue weighted by molar-refractivity contribution is 7.86. The highest BCUT2D eigenvalue weighted by atomic mass is 32.2. The Kier molecular flexibility index (Phi) is 42.8. The van der Waals surface area contributed by atoms with E-state index in [0.717, 1.165) is 38.2 Å². The first-order chi connectivity index (χ1) is 33.5. The second-order valence-corrected chi connectivity index (χ2v) is 16.2. The number of benzene rings is 4. The summed E-state index contributed by atoms with van der Waals surface area (Å²) in [5, 5.41) is 40.8. The van der Waals surface area contributed by atoms with Crippen molar-refractivity contribution in [1.29, 1.82) is 0 Å². The molecule has 2 amide bonds. The normalized spacial score (nSPS) is 15.5. The molecule has 23 heteroatoms. The molecule has 4 aromatic carbocycles. The Morgan fingerprint density at radius 1 is 0.608 bits per heavy atom. The number of hydrogen-bond acceptors (Lipinski definition) is 17. The predicted molar refractivity (Wildman–Crippen MR) is 288 cm³/mol. The smallest absolute Gasteiger partial charge is 0.409 e. The summed E-state index contributed by atoms with van der Waals surface area (Å²) in [5.41, 5.74) is 1.38. The Hall–Kier alpha value is -6.63. The zero-order chi connectivity index (χ0) is 52.3. The molecule has 74 heavy (non-hydrogen) atoms. The van der Waals surface area contributed by atoms with Crippen molar-refractivity contribution in [3.05, 3.63) is 151 Å². The average Bonchev–Trinajstić information content (AvgIpc) is 4.18. The number of aliphatic hydroxyl groups excluding tert-OH is 1. The Labute approximate surface area is 438 Å². The third kappa shape index (κ3) is 31.1. The summed E-state index contributed by atoms with van der Waals surface area (Å²) in [6.45, 7) is 13.6. The molecule has 0 bridgehead atoms. The number of ether oxygens (including phenoxy) is 4. The van der Waals surface area contributed by atoms with E-state index in [-0.39, 0.29) is 77.0 Å². The van der Waals surface area contributed by atoms with Crippen molar-refractivity contribution in [3.8, 4) is 0 Å². The molecule has 3 atom stereocenters. The van der Waals surface area contributed by atoms with Crippen molar-refractivity contribution in [2.24, 2.45) is 0 Å². The maximum Gasteiger partial charge on any atom is 0.409 e. The first kappa shape index (κ1) is 73.9. The number of nitro groups is 3. The summed E-state index contributed by atoms with van der Waals surface area (Å²) in [4.78, 5) is 54.3. The van der Waals surface area contributed by atoms with Crippen molar-refractivity contribution in [3.63, 3.8) is 0 Å². The number of carbonyl (C=O) groups excluding carboxylic acids is 2. The molecule has 22 nitrogen and oxygen atoms in total. The zero-order valence-electron chi connectivity index (χ0n) is 40.4. The fourth-order valence-electron chi connectivity index (χ4n) is 6.09. The van der Waals surface area contributed by atoms with E-state index < -0.39 is 37.1 Å². The summed E-state index contributed by atoms with van der Waals surface area (Å²) >= 11 is 0. The molecule has 0 spiro atoms. The minimum atomic E-state index is -3.80. The second-order valence-electron chi connectivity index (χ2n) is 14.6. The lowest BCUT2D eigenvalue weighted by Crippen LogP contribution is -2.30. The molecular weight excluding hydrogens is 985 g/mol. The number of nitro benzene ring substituents is 3. The van der Waals surface area contributed by atoms with Crippen LogP contribution in [-0.4, -0.2) is 142 Å².